The number of anilines is 1. The minimum atomic E-state index is -0.0608. The summed E-state index contributed by atoms with van der Waals surface area (Å²) in [5, 5.41) is 1.28. The van der Waals surface area contributed by atoms with Gasteiger partial charge in [0.25, 0.3) is 0 Å². The van der Waals surface area contributed by atoms with E-state index in [1.807, 2.05) is 55.5 Å². The molecule has 4 aromatic rings. The van der Waals surface area contributed by atoms with E-state index in [0.29, 0.717) is 22.5 Å². The fourth-order valence-electron chi connectivity index (χ4n) is 3.09. The van der Waals surface area contributed by atoms with Crippen LogP contribution in [0.25, 0.3) is 10.2 Å². The molecule has 0 aliphatic carbocycles. The highest BCUT2D eigenvalue weighted by Crippen LogP contribution is 2.34. The minimum absolute atomic E-state index is 0.0608. The number of carbonyl (C=O) groups excluding carboxylic acids is 1. The Morgan fingerprint density at radius 2 is 2.03 bits per heavy atom. The number of methoxy groups -OCH3 is 1. The molecular formula is C22H19ClN2O3S. The summed E-state index contributed by atoms with van der Waals surface area (Å²) in [4.78, 5) is 19.6. The molecule has 0 atom stereocenters. The highest BCUT2D eigenvalue weighted by atomic mass is 35.5. The SMILES string of the molecule is COc1ccc(CC(=O)N(Cc2ccco2)c2nc3c(C)cc(Cl)cc3s2)cc1. The van der Waals surface area contributed by atoms with Crippen molar-refractivity contribution in [2.75, 3.05) is 12.0 Å². The van der Waals surface area contributed by atoms with Gasteiger partial charge < -0.3 is 9.15 Å². The lowest BCUT2D eigenvalue weighted by Gasteiger charge is -2.19. The molecule has 0 N–H and O–H groups in total. The van der Waals surface area contributed by atoms with E-state index in [9.17, 15) is 4.79 Å². The fraction of sp³-hybridized carbons (Fsp3) is 0.182. The van der Waals surface area contributed by atoms with Gasteiger partial charge in [0, 0.05) is 5.02 Å². The molecule has 29 heavy (non-hydrogen) atoms. The van der Waals surface area contributed by atoms with Crippen LogP contribution in [0.5, 0.6) is 5.75 Å². The lowest BCUT2D eigenvalue weighted by Crippen LogP contribution is -2.31. The maximum Gasteiger partial charge on any atom is 0.233 e. The summed E-state index contributed by atoms with van der Waals surface area (Å²) in [6.45, 7) is 2.28. The van der Waals surface area contributed by atoms with Crippen LogP contribution < -0.4 is 9.64 Å². The number of rotatable bonds is 6. The van der Waals surface area contributed by atoms with E-state index in [1.54, 1.807) is 18.3 Å². The van der Waals surface area contributed by atoms with Crippen LogP contribution in [-0.2, 0) is 17.8 Å². The van der Waals surface area contributed by atoms with Crippen LogP contribution in [0.1, 0.15) is 16.9 Å². The summed E-state index contributed by atoms with van der Waals surface area (Å²) in [6.07, 6.45) is 1.85. The summed E-state index contributed by atoms with van der Waals surface area (Å²) >= 11 is 7.64. The maximum absolute atomic E-state index is 13.2. The van der Waals surface area contributed by atoms with Gasteiger partial charge in [-0.2, -0.15) is 0 Å². The van der Waals surface area contributed by atoms with Crippen molar-refractivity contribution in [3.63, 3.8) is 0 Å². The summed E-state index contributed by atoms with van der Waals surface area (Å²) in [5.74, 6) is 1.39. The summed E-state index contributed by atoms with van der Waals surface area (Å²) in [5.41, 5.74) is 2.74. The van der Waals surface area contributed by atoms with Crippen LogP contribution in [0.15, 0.2) is 59.2 Å². The third-order valence-corrected chi connectivity index (χ3v) is 5.82. The van der Waals surface area contributed by atoms with Crippen LogP contribution in [0, 0.1) is 6.92 Å². The van der Waals surface area contributed by atoms with Gasteiger partial charge in [-0.25, -0.2) is 4.98 Å². The largest absolute Gasteiger partial charge is 0.497 e. The lowest BCUT2D eigenvalue weighted by molar-refractivity contribution is -0.118. The zero-order valence-corrected chi connectivity index (χ0v) is 17.6. The van der Waals surface area contributed by atoms with Gasteiger partial charge in [-0.3, -0.25) is 9.69 Å². The van der Waals surface area contributed by atoms with Gasteiger partial charge >= 0.3 is 0 Å². The quantitative estimate of drug-likeness (QED) is 0.400. The molecule has 0 aliphatic rings. The number of aromatic nitrogens is 1. The fourth-order valence-corrected chi connectivity index (χ4v) is 4.53. The summed E-state index contributed by atoms with van der Waals surface area (Å²) in [6, 6.07) is 14.9. The molecule has 2 aromatic heterocycles. The first kappa shape index (κ1) is 19.5. The molecule has 7 heteroatoms. The number of thiazole rings is 1. The third-order valence-electron chi connectivity index (χ3n) is 4.58. The van der Waals surface area contributed by atoms with E-state index in [-0.39, 0.29) is 12.3 Å². The highest BCUT2D eigenvalue weighted by molar-refractivity contribution is 7.22. The molecule has 5 nitrogen and oxygen atoms in total. The molecule has 0 radical (unpaired) electrons. The van der Waals surface area contributed by atoms with Gasteiger partial charge in [-0.15, -0.1) is 0 Å². The molecule has 4 rings (SSSR count). The van der Waals surface area contributed by atoms with Crippen LogP contribution in [0.2, 0.25) is 5.02 Å². The van der Waals surface area contributed by atoms with E-state index < -0.39 is 0 Å². The number of furan rings is 1. The molecule has 0 saturated carbocycles. The predicted octanol–water partition coefficient (Wildman–Crippen LogP) is 5.64. The Balaban J connectivity index is 1.67. The predicted molar refractivity (Wildman–Crippen MR) is 116 cm³/mol. The number of halogens is 1. The first-order chi connectivity index (χ1) is 14.0. The van der Waals surface area contributed by atoms with Crippen LogP contribution >= 0.6 is 22.9 Å². The molecule has 2 heterocycles. The first-order valence-corrected chi connectivity index (χ1v) is 10.3. The number of amides is 1. The molecule has 0 saturated heterocycles. The second-order valence-electron chi connectivity index (χ2n) is 6.65. The highest BCUT2D eigenvalue weighted by Gasteiger charge is 2.22. The average Bonchev–Trinajstić information content (AvgIpc) is 3.36. The zero-order valence-electron chi connectivity index (χ0n) is 16.0. The van der Waals surface area contributed by atoms with E-state index in [2.05, 4.69) is 0 Å². The Hall–Kier alpha value is -2.83. The number of nitrogens with zero attached hydrogens (tertiary/aromatic N) is 2. The Kier molecular flexibility index (Phi) is 5.56. The Labute approximate surface area is 177 Å². The number of benzene rings is 2. The van der Waals surface area contributed by atoms with Crippen molar-refractivity contribution in [3.8, 4) is 5.75 Å². The Morgan fingerprint density at radius 1 is 1.24 bits per heavy atom. The monoisotopic (exact) mass is 426 g/mol. The van der Waals surface area contributed by atoms with Gasteiger partial charge in [0.1, 0.15) is 11.5 Å². The Morgan fingerprint density at radius 3 is 2.72 bits per heavy atom. The minimum Gasteiger partial charge on any atom is -0.497 e. The van der Waals surface area contributed by atoms with E-state index in [0.717, 1.165) is 27.1 Å². The summed E-state index contributed by atoms with van der Waals surface area (Å²) < 4.78 is 11.6. The number of hydrogen-bond acceptors (Lipinski definition) is 5. The van der Waals surface area contributed by atoms with Crippen LogP contribution in [0.3, 0.4) is 0 Å². The normalized spacial score (nSPS) is 11.0. The number of hydrogen-bond donors (Lipinski definition) is 0. The van der Waals surface area contributed by atoms with Crippen molar-refractivity contribution >= 4 is 44.2 Å². The van der Waals surface area contributed by atoms with Crippen molar-refractivity contribution in [2.45, 2.75) is 19.9 Å². The number of carbonyl (C=O) groups is 1. The van der Waals surface area contributed by atoms with Crippen molar-refractivity contribution in [2.24, 2.45) is 0 Å². The van der Waals surface area contributed by atoms with Gasteiger partial charge in [0.15, 0.2) is 5.13 Å². The molecule has 0 fully saturated rings. The van der Waals surface area contributed by atoms with Crippen LogP contribution in [-0.4, -0.2) is 18.0 Å². The second kappa shape index (κ2) is 8.27. The molecule has 148 valence electrons. The Bertz CT molecular complexity index is 1140. The molecule has 0 bridgehead atoms. The molecular weight excluding hydrogens is 408 g/mol. The van der Waals surface area contributed by atoms with E-state index in [1.165, 1.54) is 11.3 Å². The molecule has 1 amide bonds. The smallest absolute Gasteiger partial charge is 0.233 e. The molecule has 0 unspecified atom stereocenters. The van der Waals surface area contributed by atoms with Gasteiger partial charge in [-0.1, -0.05) is 35.1 Å². The number of aryl methyl sites for hydroxylation is 1. The number of ether oxygens (including phenoxy) is 1. The lowest BCUT2D eigenvalue weighted by atomic mass is 10.1. The molecule has 2 aromatic carbocycles. The van der Waals surface area contributed by atoms with Crippen molar-refractivity contribution in [3.05, 3.63) is 76.7 Å². The number of fused-ring (bicyclic) bond motifs is 1. The van der Waals surface area contributed by atoms with Gasteiger partial charge in [0.05, 0.1) is 36.6 Å². The topological polar surface area (TPSA) is 55.6 Å². The molecule has 0 spiro atoms. The first-order valence-electron chi connectivity index (χ1n) is 9.06. The van der Waals surface area contributed by atoms with Gasteiger partial charge in [0.2, 0.25) is 5.91 Å². The summed E-state index contributed by atoms with van der Waals surface area (Å²) in [7, 11) is 1.62. The second-order valence-corrected chi connectivity index (χ2v) is 8.10. The van der Waals surface area contributed by atoms with Gasteiger partial charge in [-0.05, 0) is 54.4 Å². The maximum atomic E-state index is 13.2. The third kappa shape index (κ3) is 4.28. The van der Waals surface area contributed by atoms with Crippen LogP contribution in [0.4, 0.5) is 5.13 Å². The standard InChI is InChI=1S/C22H19ClN2O3S/c1-14-10-16(23)12-19-21(14)24-22(29-19)25(13-18-4-3-9-28-18)20(26)11-15-5-7-17(27-2)8-6-15/h3-10,12H,11,13H2,1-2H3. The zero-order chi connectivity index (χ0) is 20.4. The van der Waals surface area contributed by atoms with Crippen molar-refractivity contribution in [1.82, 2.24) is 4.98 Å². The average molecular weight is 427 g/mol. The van der Waals surface area contributed by atoms with E-state index in [4.69, 9.17) is 25.7 Å². The van der Waals surface area contributed by atoms with E-state index >= 15 is 0 Å². The van der Waals surface area contributed by atoms with Crippen molar-refractivity contribution in [1.29, 1.82) is 0 Å². The van der Waals surface area contributed by atoms with Crippen molar-refractivity contribution < 1.29 is 13.9 Å². The molecule has 0 aliphatic heterocycles.